The lowest BCUT2D eigenvalue weighted by Crippen LogP contribution is -1.94. The van der Waals surface area contributed by atoms with Gasteiger partial charge in [0.25, 0.3) is 0 Å². The Hall–Kier alpha value is -1.02. The van der Waals surface area contributed by atoms with Gasteiger partial charge in [0.15, 0.2) is 0 Å². The molecule has 0 bridgehead atoms. The van der Waals surface area contributed by atoms with Gasteiger partial charge in [-0.15, -0.1) is 0 Å². The highest BCUT2D eigenvalue weighted by molar-refractivity contribution is 6.30. The van der Waals surface area contributed by atoms with E-state index in [9.17, 15) is 9.90 Å². The molecule has 0 aliphatic heterocycles. The van der Waals surface area contributed by atoms with Crippen molar-refractivity contribution in [2.45, 2.75) is 12.8 Å². The van der Waals surface area contributed by atoms with E-state index in [4.69, 9.17) is 11.6 Å². The zero-order valence-corrected chi connectivity index (χ0v) is 7.38. The lowest BCUT2D eigenvalue weighted by atomic mass is 10.0. The van der Waals surface area contributed by atoms with Gasteiger partial charge in [-0.3, -0.25) is 0 Å². The number of aromatic hydroxyl groups is 1. The van der Waals surface area contributed by atoms with Gasteiger partial charge >= 0.3 is 0 Å². The topological polar surface area (TPSA) is 37.3 Å². The third-order valence-corrected chi connectivity index (χ3v) is 1.92. The van der Waals surface area contributed by atoms with Crippen LogP contribution in [0.1, 0.15) is 18.4 Å². The van der Waals surface area contributed by atoms with Crippen LogP contribution >= 0.6 is 11.6 Å². The van der Waals surface area contributed by atoms with Crippen LogP contribution in [0.25, 0.3) is 0 Å². The quantitative estimate of drug-likeness (QED) is 0.717. The molecule has 0 heterocycles. The van der Waals surface area contributed by atoms with Crippen molar-refractivity contribution in [2.75, 3.05) is 0 Å². The second kappa shape index (κ2) is 3.59. The van der Waals surface area contributed by atoms with E-state index in [1.807, 2.05) is 0 Å². The van der Waals surface area contributed by atoms with E-state index in [0.717, 1.165) is 6.29 Å². The highest BCUT2D eigenvalue weighted by atomic mass is 35.5. The Morgan fingerprint density at radius 2 is 2.25 bits per heavy atom. The smallest absolute Gasteiger partial charge is 0.127 e. The molecule has 0 aliphatic rings. The second-order valence-electron chi connectivity index (χ2n) is 2.63. The van der Waals surface area contributed by atoms with Crippen molar-refractivity contribution < 1.29 is 9.90 Å². The molecule has 0 radical (unpaired) electrons. The van der Waals surface area contributed by atoms with Gasteiger partial charge in [0.05, 0.1) is 0 Å². The molecule has 0 fully saturated rings. The van der Waals surface area contributed by atoms with Crippen LogP contribution in [0, 0.1) is 0 Å². The molecule has 1 aromatic carbocycles. The Morgan fingerprint density at radius 1 is 1.58 bits per heavy atom. The van der Waals surface area contributed by atoms with Crippen molar-refractivity contribution >= 4 is 17.9 Å². The normalized spacial score (nSPS) is 12.5. The summed E-state index contributed by atoms with van der Waals surface area (Å²) in [6, 6.07) is 4.66. The van der Waals surface area contributed by atoms with Crippen molar-refractivity contribution in [3.63, 3.8) is 0 Å². The lowest BCUT2D eigenvalue weighted by molar-refractivity contribution is -0.108. The maximum absolute atomic E-state index is 10.4. The summed E-state index contributed by atoms with van der Waals surface area (Å²) in [5, 5.41) is 9.84. The van der Waals surface area contributed by atoms with Crippen LogP contribution in [0.5, 0.6) is 5.75 Å². The predicted octanol–water partition coefficient (Wildman–Crippen LogP) is 2.35. The molecule has 1 N–H and O–H groups in total. The summed E-state index contributed by atoms with van der Waals surface area (Å²) in [6.45, 7) is 1.71. The number of phenolic OH excluding ortho intramolecular Hbond substituents is 1. The monoisotopic (exact) mass is 184 g/mol. The summed E-state index contributed by atoms with van der Waals surface area (Å²) in [5.74, 6) is -0.206. The molecular formula is C9H9ClO2. The van der Waals surface area contributed by atoms with Gasteiger partial charge in [-0.2, -0.15) is 0 Å². The molecule has 64 valence electrons. The van der Waals surface area contributed by atoms with Gasteiger partial charge < -0.3 is 9.90 Å². The Labute approximate surface area is 75.8 Å². The summed E-state index contributed by atoms with van der Waals surface area (Å²) in [5.41, 5.74) is 0.567. The van der Waals surface area contributed by atoms with E-state index >= 15 is 0 Å². The fourth-order valence-corrected chi connectivity index (χ4v) is 1.14. The van der Waals surface area contributed by atoms with Crippen LogP contribution < -0.4 is 0 Å². The third-order valence-electron chi connectivity index (χ3n) is 1.68. The van der Waals surface area contributed by atoms with Gasteiger partial charge in [-0.05, 0) is 18.2 Å². The van der Waals surface area contributed by atoms with Gasteiger partial charge in [0, 0.05) is 16.5 Å². The number of aldehydes is 1. The van der Waals surface area contributed by atoms with E-state index in [1.165, 1.54) is 6.07 Å². The van der Waals surface area contributed by atoms with Crippen LogP contribution in [0.4, 0.5) is 0 Å². The third kappa shape index (κ3) is 1.77. The zero-order valence-electron chi connectivity index (χ0n) is 6.62. The number of carbonyl (C=O) groups excluding carboxylic acids is 1. The average molecular weight is 185 g/mol. The summed E-state index contributed by atoms with van der Waals surface area (Å²) < 4.78 is 0. The van der Waals surface area contributed by atoms with Crippen molar-refractivity contribution in [1.29, 1.82) is 0 Å². The first kappa shape index (κ1) is 9.07. The molecule has 1 unspecified atom stereocenters. The number of hydrogen-bond donors (Lipinski definition) is 1. The summed E-state index contributed by atoms with van der Waals surface area (Å²) >= 11 is 5.69. The molecule has 0 amide bonds. The van der Waals surface area contributed by atoms with Crippen molar-refractivity contribution in [2.24, 2.45) is 0 Å². The van der Waals surface area contributed by atoms with E-state index in [2.05, 4.69) is 0 Å². The van der Waals surface area contributed by atoms with Gasteiger partial charge in [0.2, 0.25) is 0 Å². The Bertz CT molecular complexity index is 297. The maximum atomic E-state index is 10.4. The Balaban J connectivity index is 3.12. The minimum absolute atomic E-state index is 0.110. The second-order valence-corrected chi connectivity index (χ2v) is 3.06. The van der Waals surface area contributed by atoms with Gasteiger partial charge in [-0.25, -0.2) is 0 Å². The Morgan fingerprint density at radius 3 is 2.83 bits per heavy atom. The standard InChI is InChI=1S/C9H9ClO2/c1-6(5-11)8-4-7(10)2-3-9(8)12/h2-6,12H,1H3. The minimum atomic E-state index is -0.316. The number of carbonyl (C=O) groups is 1. The zero-order chi connectivity index (χ0) is 9.14. The van der Waals surface area contributed by atoms with Crippen LogP contribution in [0.3, 0.4) is 0 Å². The number of rotatable bonds is 2. The lowest BCUT2D eigenvalue weighted by Gasteiger charge is -2.06. The molecule has 1 aromatic rings. The van der Waals surface area contributed by atoms with Gasteiger partial charge in [-0.1, -0.05) is 18.5 Å². The molecule has 0 aliphatic carbocycles. The van der Waals surface area contributed by atoms with Crippen molar-refractivity contribution in [3.8, 4) is 5.75 Å². The molecule has 1 atom stereocenters. The molecule has 0 spiro atoms. The summed E-state index contributed by atoms with van der Waals surface area (Å²) in [7, 11) is 0. The van der Waals surface area contributed by atoms with Crippen LogP contribution in [0.2, 0.25) is 5.02 Å². The molecule has 0 saturated carbocycles. The van der Waals surface area contributed by atoms with Crippen molar-refractivity contribution in [3.05, 3.63) is 28.8 Å². The van der Waals surface area contributed by atoms with Crippen LogP contribution in [-0.4, -0.2) is 11.4 Å². The molecule has 0 aromatic heterocycles. The number of hydrogen-bond acceptors (Lipinski definition) is 2. The van der Waals surface area contributed by atoms with E-state index in [0.29, 0.717) is 10.6 Å². The Kier molecular flexibility index (Phi) is 2.71. The van der Waals surface area contributed by atoms with Crippen LogP contribution in [0.15, 0.2) is 18.2 Å². The first-order chi connectivity index (χ1) is 5.65. The molecule has 0 saturated heterocycles. The number of halogens is 1. The first-order valence-corrected chi connectivity index (χ1v) is 3.96. The largest absolute Gasteiger partial charge is 0.508 e. The van der Waals surface area contributed by atoms with E-state index < -0.39 is 0 Å². The summed E-state index contributed by atoms with van der Waals surface area (Å²) in [4.78, 5) is 10.4. The van der Waals surface area contributed by atoms with Crippen molar-refractivity contribution in [1.82, 2.24) is 0 Å². The van der Waals surface area contributed by atoms with E-state index in [1.54, 1.807) is 19.1 Å². The fraction of sp³-hybridized carbons (Fsp3) is 0.222. The number of phenols is 1. The minimum Gasteiger partial charge on any atom is -0.508 e. The van der Waals surface area contributed by atoms with Crippen LogP contribution in [-0.2, 0) is 4.79 Å². The highest BCUT2D eigenvalue weighted by Gasteiger charge is 2.08. The van der Waals surface area contributed by atoms with E-state index in [-0.39, 0.29) is 11.7 Å². The molecule has 3 heteroatoms. The fourth-order valence-electron chi connectivity index (χ4n) is 0.963. The SMILES string of the molecule is CC(C=O)c1cc(Cl)ccc1O. The highest BCUT2D eigenvalue weighted by Crippen LogP contribution is 2.27. The molecule has 1 rings (SSSR count). The maximum Gasteiger partial charge on any atom is 0.127 e. The molecule has 2 nitrogen and oxygen atoms in total. The molecule has 12 heavy (non-hydrogen) atoms. The summed E-state index contributed by atoms with van der Waals surface area (Å²) in [6.07, 6.45) is 0.769. The van der Waals surface area contributed by atoms with Gasteiger partial charge in [0.1, 0.15) is 12.0 Å². The average Bonchev–Trinajstić information content (AvgIpc) is 2.08. The number of benzene rings is 1. The molecular weight excluding hydrogens is 176 g/mol. The predicted molar refractivity (Wildman–Crippen MR) is 47.6 cm³/mol. The first-order valence-electron chi connectivity index (χ1n) is 3.59.